The molecule has 0 bridgehead atoms. The summed E-state index contributed by atoms with van der Waals surface area (Å²) in [6, 6.07) is 9.10. The quantitative estimate of drug-likeness (QED) is 0.237. The van der Waals surface area contributed by atoms with Crippen LogP contribution in [-0.2, 0) is 11.8 Å². The van der Waals surface area contributed by atoms with Crippen LogP contribution in [0.1, 0.15) is 83.3 Å². The number of benzene rings is 1. The highest BCUT2D eigenvalue weighted by Gasteiger charge is 2.45. The Morgan fingerprint density at radius 2 is 1.93 bits per heavy atom. The van der Waals surface area contributed by atoms with Crippen LogP contribution in [0.2, 0.25) is 0 Å². The molecule has 5 N–H and O–H groups in total. The zero-order valence-electron chi connectivity index (χ0n) is 25.8. The zero-order valence-corrected chi connectivity index (χ0v) is 25.8. The Labute approximate surface area is 253 Å². The van der Waals surface area contributed by atoms with Crippen molar-refractivity contribution in [2.45, 2.75) is 102 Å². The summed E-state index contributed by atoms with van der Waals surface area (Å²) < 4.78 is 1.81. The fourth-order valence-electron chi connectivity index (χ4n) is 7.25. The molecule has 10 heteroatoms. The standard InChI is InChI=1S/C33H44N8O2/c1-18(2)40(23-10-19(11-23)6-9-27-38-24-8-7-22(33(3,4)5)13-25(24)39-27)15-20-12-26(30(43)29(20)42)41-16-21(14-34)28-31(35)36-17-37-32(28)41/h7-8,13,16-20,23,26,29-30,42-43H,6,9-12,15H2,1-5H3,(H,38,39)(H2,35,36,37)/t19?,20-,23?,26-,29-,30+/m1/s1. The monoisotopic (exact) mass is 584 g/mol. The predicted octanol–water partition coefficient (Wildman–Crippen LogP) is 4.46. The van der Waals surface area contributed by atoms with Crippen LogP contribution < -0.4 is 5.73 Å². The molecule has 0 saturated heterocycles. The van der Waals surface area contributed by atoms with E-state index in [2.05, 4.69) is 78.7 Å². The summed E-state index contributed by atoms with van der Waals surface area (Å²) in [7, 11) is 0. The summed E-state index contributed by atoms with van der Waals surface area (Å²) >= 11 is 0. The molecular formula is C33H44N8O2. The number of aliphatic hydroxyl groups is 2. The molecule has 2 fully saturated rings. The highest BCUT2D eigenvalue weighted by molar-refractivity contribution is 5.92. The van der Waals surface area contributed by atoms with Gasteiger partial charge < -0.3 is 25.5 Å². The van der Waals surface area contributed by atoms with Gasteiger partial charge in [-0.25, -0.2) is 15.0 Å². The molecule has 2 aliphatic rings. The Bertz CT molecular complexity index is 1660. The number of imidazole rings is 1. The summed E-state index contributed by atoms with van der Waals surface area (Å²) in [5.41, 5.74) is 10.5. The van der Waals surface area contributed by atoms with Crippen molar-refractivity contribution in [3.8, 4) is 6.07 Å². The highest BCUT2D eigenvalue weighted by Crippen LogP contribution is 2.42. The maximum atomic E-state index is 11.1. The van der Waals surface area contributed by atoms with Gasteiger partial charge in [0.2, 0.25) is 0 Å². The van der Waals surface area contributed by atoms with E-state index in [-0.39, 0.29) is 17.2 Å². The number of H-pyrrole nitrogens is 1. The zero-order chi connectivity index (χ0) is 30.6. The molecule has 10 nitrogen and oxygen atoms in total. The number of aryl methyl sites for hydroxylation is 1. The Morgan fingerprint density at radius 3 is 2.63 bits per heavy atom. The number of nitrogens with two attached hydrogens (primary N) is 1. The molecule has 6 rings (SSSR count). The van der Waals surface area contributed by atoms with Crippen LogP contribution in [0.25, 0.3) is 22.1 Å². The smallest absolute Gasteiger partial charge is 0.147 e. The third-order valence-corrected chi connectivity index (χ3v) is 9.86. The third-order valence-electron chi connectivity index (χ3n) is 9.86. The van der Waals surface area contributed by atoms with Gasteiger partial charge in [0.05, 0.1) is 34.1 Å². The average molecular weight is 585 g/mol. The number of aliphatic hydroxyl groups excluding tert-OH is 2. The predicted molar refractivity (Wildman–Crippen MR) is 167 cm³/mol. The number of nitriles is 1. The van der Waals surface area contributed by atoms with Crippen LogP contribution in [0.3, 0.4) is 0 Å². The lowest BCUT2D eigenvalue weighted by atomic mass is 9.76. The maximum Gasteiger partial charge on any atom is 0.147 e. The largest absolute Gasteiger partial charge is 0.390 e. The summed E-state index contributed by atoms with van der Waals surface area (Å²) in [6.07, 6.45) is 6.12. The van der Waals surface area contributed by atoms with E-state index in [0.717, 1.165) is 42.5 Å². The van der Waals surface area contributed by atoms with Crippen molar-refractivity contribution >= 4 is 27.9 Å². The minimum Gasteiger partial charge on any atom is -0.390 e. The van der Waals surface area contributed by atoms with E-state index in [1.807, 2.05) is 0 Å². The topological polar surface area (TPSA) is 153 Å². The van der Waals surface area contributed by atoms with E-state index in [9.17, 15) is 15.5 Å². The first-order valence-corrected chi connectivity index (χ1v) is 15.6. The molecule has 228 valence electrons. The van der Waals surface area contributed by atoms with E-state index in [0.29, 0.717) is 47.6 Å². The number of nitrogens with one attached hydrogen (secondary N) is 1. The summed E-state index contributed by atoms with van der Waals surface area (Å²) in [4.78, 5) is 19.3. The number of nitrogens with zero attached hydrogens (tertiary/aromatic N) is 6. The molecule has 3 heterocycles. The summed E-state index contributed by atoms with van der Waals surface area (Å²) in [5, 5.41) is 32.4. The minimum absolute atomic E-state index is 0.0999. The van der Waals surface area contributed by atoms with Gasteiger partial charge in [-0.1, -0.05) is 26.8 Å². The molecule has 2 saturated carbocycles. The van der Waals surface area contributed by atoms with Crippen LogP contribution >= 0.6 is 0 Å². The number of nitrogen functional groups attached to an aromatic ring is 1. The van der Waals surface area contributed by atoms with Crippen molar-refractivity contribution in [1.82, 2.24) is 29.4 Å². The fraction of sp³-hybridized carbons (Fsp3) is 0.576. The van der Waals surface area contributed by atoms with Crippen molar-refractivity contribution in [1.29, 1.82) is 5.26 Å². The molecule has 4 aromatic rings. The Kier molecular flexibility index (Phi) is 7.69. The lowest BCUT2D eigenvalue weighted by Gasteiger charge is -2.46. The maximum absolute atomic E-state index is 11.1. The van der Waals surface area contributed by atoms with E-state index in [1.165, 1.54) is 11.9 Å². The summed E-state index contributed by atoms with van der Waals surface area (Å²) in [6.45, 7) is 11.8. The molecular weight excluding hydrogens is 540 g/mol. The van der Waals surface area contributed by atoms with Crippen molar-refractivity contribution in [3.05, 3.63) is 47.7 Å². The van der Waals surface area contributed by atoms with E-state index in [1.54, 1.807) is 10.8 Å². The van der Waals surface area contributed by atoms with Gasteiger partial charge in [-0.3, -0.25) is 4.90 Å². The molecule has 0 amide bonds. The molecule has 0 radical (unpaired) electrons. The highest BCUT2D eigenvalue weighted by atomic mass is 16.3. The summed E-state index contributed by atoms with van der Waals surface area (Å²) in [5.74, 6) is 1.85. The first-order valence-electron chi connectivity index (χ1n) is 15.6. The molecule has 43 heavy (non-hydrogen) atoms. The Balaban J connectivity index is 1.08. The van der Waals surface area contributed by atoms with E-state index in [4.69, 9.17) is 10.7 Å². The van der Waals surface area contributed by atoms with Gasteiger partial charge in [0.25, 0.3) is 0 Å². The minimum atomic E-state index is -0.963. The molecule has 4 atom stereocenters. The van der Waals surface area contributed by atoms with Crippen LogP contribution in [0, 0.1) is 23.2 Å². The second-order valence-electron chi connectivity index (χ2n) is 14.0. The fourth-order valence-corrected chi connectivity index (χ4v) is 7.25. The van der Waals surface area contributed by atoms with Crippen LogP contribution in [0.4, 0.5) is 5.82 Å². The van der Waals surface area contributed by atoms with Gasteiger partial charge in [0.1, 0.15) is 35.8 Å². The van der Waals surface area contributed by atoms with Gasteiger partial charge in [-0.15, -0.1) is 0 Å². The number of hydrogen-bond donors (Lipinski definition) is 4. The normalized spacial score (nSPS) is 26.0. The number of hydrogen-bond acceptors (Lipinski definition) is 8. The third kappa shape index (κ3) is 5.50. The van der Waals surface area contributed by atoms with Gasteiger partial charge in [-0.2, -0.15) is 5.26 Å². The second kappa shape index (κ2) is 11.2. The SMILES string of the molecule is CC(C)N(C[C@H]1C[C@@H](n2cc(C#N)c3c(N)ncnc32)[C@H](O)[C@@H]1O)C1CC(CCc2nc3ccc(C(C)(C)C)cc3[nH]2)C1. The van der Waals surface area contributed by atoms with Crippen molar-refractivity contribution < 1.29 is 10.2 Å². The van der Waals surface area contributed by atoms with Crippen molar-refractivity contribution in [3.63, 3.8) is 0 Å². The first-order chi connectivity index (χ1) is 20.4. The lowest BCUT2D eigenvalue weighted by Crippen LogP contribution is -2.51. The molecule has 0 aliphatic heterocycles. The van der Waals surface area contributed by atoms with Crippen LogP contribution in [-0.4, -0.2) is 70.5 Å². The Hall–Kier alpha value is -3.52. The van der Waals surface area contributed by atoms with E-state index >= 15 is 0 Å². The average Bonchev–Trinajstić information content (AvgIpc) is 3.60. The second-order valence-corrected chi connectivity index (χ2v) is 14.0. The number of aromatic amines is 1. The van der Waals surface area contributed by atoms with Gasteiger partial charge in [0.15, 0.2) is 0 Å². The Morgan fingerprint density at radius 1 is 1.16 bits per heavy atom. The van der Waals surface area contributed by atoms with Crippen molar-refractivity contribution in [2.24, 2.45) is 11.8 Å². The number of aromatic nitrogens is 5. The molecule has 2 aliphatic carbocycles. The lowest BCUT2D eigenvalue weighted by molar-refractivity contribution is -0.0180. The molecule has 0 unspecified atom stereocenters. The molecule has 1 aromatic carbocycles. The van der Waals surface area contributed by atoms with Crippen molar-refractivity contribution in [2.75, 3.05) is 12.3 Å². The van der Waals surface area contributed by atoms with E-state index < -0.39 is 18.2 Å². The van der Waals surface area contributed by atoms with Crippen LogP contribution in [0.15, 0.2) is 30.7 Å². The molecule has 3 aromatic heterocycles. The first kappa shape index (κ1) is 29.5. The number of fused-ring (bicyclic) bond motifs is 2. The van der Waals surface area contributed by atoms with Gasteiger partial charge in [0, 0.05) is 37.2 Å². The van der Waals surface area contributed by atoms with Gasteiger partial charge in [-0.05, 0) is 68.6 Å². The molecule has 0 spiro atoms. The number of anilines is 1. The van der Waals surface area contributed by atoms with Gasteiger partial charge >= 0.3 is 0 Å². The van der Waals surface area contributed by atoms with Crippen LogP contribution in [0.5, 0.6) is 0 Å². The number of rotatable bonds is 8.